The first-order chi connectivity index (χ1) is 17.4. The summed E-state index contributed by atoms with van der Waals surface area (Å²) in [7, 11) is 0.792. The molecule has 1 aromatic rings. The van der Waals surface area contributed by atoms with E-state index in [9.17, 15) is 10.2 Å². The van der Waals surface area contributed by atoms with Crippen LogP contribution in [0.5, 0.6) is 0 Å². The van der Waals surface area contributed by atoms with Crippen molar-refractivity contribution in [2.45, 2.75) is 114 Å². The SMILES string of the molecule is CO[C@@H]1[C@@H](OC)[C@H](O)[C@@H](CO[C@@H]2C[C@@H](OCc3ccccc3)[C@H](O[Si](C)(C)C(C)(C)C)[C@@H](C)O2)O[C@@H]1O. The van der Waals surface area contributed by atoms with Crippen LogP contribution in [0, 0.1) is 0 Å². The second-order valence-corrected chi connectivity index (χ2v) is 16.2. The van der Waals surface area contributed by atoms with Gasteiger partial charge in [0.05, 0.1) is 31.5 Å². The van der Waals surface area contributed by atoms with Crippen molar-refractivity contribution in [1.29, 1.82) is 0 Å². The Morgan fingerprint density at radius 1 is 0.946 bits per heavy atom. The van der Waals surface area contributed by atoms with E-state index >= 15 is 0 Å². The van der Waals surface area contributed by atoms with Gasteiger partial charge in [0.2, 0.25) is 0 Å². The van der Waals surface area contributed by atoms with Crippen molar-refractivity contribution in [3.63, 3.8) is 0 Å². The number of benzene rings is 1. The summed E-state index contributed by atoms with van der Waals surface area (Å²) in [5, 5.41) is 21.1. The molecule has 9 nitrogen and oxygen atoms in total. The summed E-state index contributed by atoms with van der Waals surface area (Å²) < 4.78 is 41.7. The maximum Gasteiger partial charge on any atom is 0.192 e. The highest BCUT2D eigenvalue weighted by atomic mass is 28.4. The third kappa shape index (κ3) is 7.60. The summed E-state index contributed by atoms with van der Waals surface area (Å²) in [4.78, 5) is 0. The second kappa shape index (κ2) is 13.0. The number of methoxy groups -OCH3 is 2. The molecular weight excluding hydrogens is 496 g/mol. The molecule has 2 fully saturated rings. The van der Waals surface area contributed by atoms with Crippen LogP contribution in [0.1, 0.15) is 39.7 Å². The van der Waals surface area contributed by atoms with Crippen molar-refractivity contribution in [2.24, 2.45) is 0 Å². The van der Waals surface area contributed by atoms with Crippen molar-refractivity contribution in [2.75, 3.05) is 20.8 Å². The summed E-state index contributed by atoms with van der Waals surface area (Å²) in [5.41, 5.74) is 1.08. The lowest BCUT2D eigenvalue weighted by molar-refractivity contribution is -0.312. The van der Waals surface area contributed by atoms with Crippen molar-refractivity contribution >= 4 is 8.32 Å². The van der Waals surface area contributed by atoms with Crippen LogP contribution in [0.4, 0.5) is 0 Å². The molecule has 10 heteroatoms. The normalized spacial score (nSPS) is 35.5. The quantitative estimate of drug-likeness (QED) is 0.431. The van der Waals surface area contributed by atoms with Crippen molar-refractivity contribution in [3.05, 3.63) is 35.9 Å². The van der Waals surface area contributed by atoms with E-state index in [2.05, 4.69) is 33.9 Å². The average molecular weight is 543 g/mol. The van der Waals surface area contributed by atoms with E-state index in [0.717, 1.165) is 5.56 Å². The lowest BCUT2D eigenvalue weighted by atomic mass is 9.99. The summed E-state index contributed by atoms with van der Waals surface area (Å²) in [5.74, 6) is 0. The van der Waals surface area contributed by atoms with E-state index in [0.29, 0.717) is 13.0 Å². The monoisotopic (exact) mass is 542 g/mol. The molecule has 0 aromatic heterocycles. The van der Waals surface area contributed by atoms with Crippen LogP contribution >= 0.6 is 0 Å². The molecule has 2 saturated heterocycles. The number of aliphatic hydroxyl groups is 2. The Bertz CT molecular complexity index is 818. The zero-order valence-electron chi connectivity index (χ0n) is 23.5. The van der Waals surface area contributed by atoms with Crippen LogP contribution in [0.15, 0.2) is 30.3 Å². The largest absolute Gasteiger partial charge is 0.409 e. The minimum absolute atomic E-state index is 0.00503. The molecule has 37 heavy (non-hydrogen) atoms. The highest BCUT2D eigenvalue weighted by molar-refractivity contribution is 6.74. The molecule has 0 bridgehead atoms. The molecule has 0 unspecified atom stereocenters. The number of ether oxygens (including phenoxy) is 6. The highest BCUT2D eigenvalue weighted by Crippen LogP contribution is 2.40. The zero-order chi connectivity index (χ0) is 27.4. The minimum Gasteiger partial charge on any atom is -0.409 e. The predicted molar refractivity (Wildman–Crippen MR) is 140 cm³/mol. The smallest absolute Gasteiger partial charge is 0.192 e. The first-order valence-electron chi connectivity index (χ1n) is 13.1. The summed E-state index contributed by atoms with van der Waals surface area (Å²) >= 11 is 0. The second-order valence-electron chi connectivity index (χ2n) is 11.5. The van der Waals surface area contributed by atoms with Gasteiger partial charge in [-0.25, -0.2) is 0 Å². The Morgan fingerprint density at radius 3 is 2.19 bits per heavy atom. The van der Waals surface area contributed by atoms with Crippen LogP contribution in [0.25, 0.3) is 0 Å². The molecule has 2 N–H and O–H groups in total. The highest BCUT2D eigenvalue weighted by Gasteiger charge is 2.48. The zero-order valence-corrected chi connectivity index (χ0v) is 24.5. The number of aliphatic hydroxyl groups excluding tert-OH is 2. The van der Waals surface area contributed by atoms with E-state index in [1.54, 1.807) is 0 Å². The number of hydrogen-bond donors (Lipinski definition) is 2. The molecule has 3 rings (SSSR count). The van der Waals surface area contributed by atoms with Gasteiger partial charge in [-0.1, -0.05) is 51.1 Å². The van der Waals surface area contributed by atoms with Crippen LogP contribution in [-0.4, -0.2) is 94.7 Å². The van der Waals surface area contributed by atoms with E-state index in [-0.39, 0.29) is 30.0 Å². The fourth-order valence-electron chi connectivity index (χ4n) is 4.50. The van der Waals surface area contributed by atoms with Gasteiger partial charge >= 0.3 is 0 Å². The van der Waals surface area contributed by atoms with Crippen LogP contribution in [0.3, 0.4) is 0 Å². The molecular formula is C27H46O9Si. The van der Waals surface area contributed by atoms with Gasteiger partial charge in [-0.15, -0.1) is 0 Å². The molecule has 0 aliphatic carbocycles. The standard InChI is InChI=1S/C27H46O9Si/c1-17-23(36-37(7,8)27(2,3)4)19(32-15-18-12-10-9-11-13-18)14-21(34-17)33-16-20-22(28)24(30-5)25(31-6)26(29)35-20/h9-13,17,19-26,28-29H,14-16H2,1-8H3/t17-,19-,20-,21+,22-,23-,24+,25-,26+/m1/s1. The first-order valence-corrected chi connectivity index (χ1v) is 16.0. The van der Waals surface area contributed by atoms with Gasteiger partial charge in [0.1, 0.15) is 24.4 Å². The van der Waals surface area contributed by atoms with Crippen molar-refractivity contribution in [3.8, 4) is 0 Å². The van der Waals surface area contributed by atoms with E-state index in [1.807, 2.05) is 37.3 Å². The molecule has 2 heterocycles. The molecule has 212 valence electrons. The van der Waals surface area contributed by atoms with Crippen LogP contribution in [0.2, 0.25) is 18.1 Å². The Kier molecular flexibility index (Phi) is 10.7. The summed E-state index contributed by atoms with van der Waals surface area (Å²) in [6.45, 7) is 13.5. The van der Waals surface area contributed by atoms with Crippen molar-refractivity contribution in [1.82, 2.24) is 0 Å². The third-order valence-corrected chi connectivity index (χ3v) is 12.3. The van der Waals surface area contributed by atoms with Crippen LogP contribution in [-0.2, 0) is 39.5 Å². The summed E-state index contributed by atoms with van der Waals surface area (Å²) in [6.07, 6.45) is -5.57. The molecule has 2 aliphatic heterocycles. The Labute approximate surface area is 222 Å². The third-order valence-electron chi connectivity index (χ3n) is 7.79. The first kappa shape index (κ1) is 30.6. The lowest BCUT2D eigenvalue weighted by Gasteiger charge is -2.47. The molecule has 0 spiro atoms. The van der Waals surface area contributed by atoms with Gasteiger partial charge in [0.15, 0.2) is 20.9 Å². The van der Waals surface area contributed by atoms with Crippen molar-refractivity contribution < 1.29 is 43.1 Å². The topological polar surface area (TPSA) is 105 Å². The van der Waals surface area contributed by atoms with E-state index < -0.39 is 45.3 Å². The maximum atomic E-state index is 10.7. The molecule has 0 radical (unpaired) electrons. The van der Waals surface area contributed by atoms with E-state index in [4.69, 9.17) is 32.8 Å². The fourth-order valence-corrected chi connectivity index (χ4v) is 5.88. The molecule has 0 saturated carbocycles. The number of rotatable bonds is 10. The maximum absolute atomic E-state index is 10.7. The Morgan fingerprint density at radius 2 is 1.59 bits per heavy atom. The van der Waals surface area contributed by atoms with Crippen LogP contribution < -0.4 is 0 Å². The van der Waals surface area contributed by atoms with Gasteiger partial charge < -0.3 is 43.1 Å². The molecule has 2 aliphatic rings. The van der Waals surface area contributed by atoms with E-state index in [1.165, 1.54) is 14.2 Å². The fraction of sp³-hybridized carbons (Fsp3) is 0.778. The summed E-state index contributed by atoms with van der Waals surface area (Å²) in [6, 6.07) is 10.0. The van der Waals surface area contributed by atoms with Gasteiger partial charge in [-0.2, -0.15) is 0 Å². The average Bonchev–Trinajstić information content (AvgIpc) is 2.84. The minimum atomic E-state index is -2.10. The van der Waals surface area contributed by atoms with Gasteiger partial charge in [-0.3, -0.25) is 0 Å². The van der Waals surface area contributed by atoms with Gasteiger partial charge in [-0.05, 0) is 30.6 Å². The predicted octanol–water partition coefficient (Wildman–Crippen LogP) is 3.22. The van der Waals surface area contributed by atoms with Gasteiger partial charge in [0, 0.05) is 20.6 Å². The molecule has 0 amide bonds. The number of hydrogen-bond acceptors (Lipinski definition) is 9. The lowest BCUT2D eigenvalue weighted by Crippen LogP contribution is -2.60. The van der Waals surface area contributed by atoms with Gasteiger partial charge in [0.25, 0.3) is 0 Å². The molecule has 9 atom stereocenters. The molecule has 1 aromatic carbocycles. The Hall–Kier alpha value is -0.923. The Balaban J connectivity index is 1.69.